The van der Waals surface area contributed by atoms with Crippen LogP contribution in [0.2, 0.25) is 0 Å². The topological polar surface area (TPSA) is 102 Å². The second kappa shape index (κ2) is 9.59. The third-order valence-electron chi connectivity index (χ3n) is 4.50. The van der Waals surface area contributed by atoms with E-state index in [9.17, 15) is 9.59 Å². The molecule has 0 bridgehead atoms. The monoisotopic (exact) mass is 391 g/mol. The highest BCUT2D eigenvalue weighted by Crippen LogP contribution is 2.24. The lowest BCUT2D eigenvalue weighted by Crippen LogP contribution is -2.36. The number of thioether (sulfide) groups is 1. The molecule has 9 heteroatoms. The molecule has 2 amide bonds. The molecule has 2 N–H and O–H groups in total. The summed E-state index contributed by atoms with van der Waals surface area (Å²) >= 11 is 1.32. The lowest BCUT2D eigenvalue weighted by molar-refractivity contribution is -0.122. The predicted octanol–water partition coefficient (Wildman–Crippen LogP) is 2.22. The smallest absolute Gasteiger partial charge is 0.230 e. The summed E-state index contributed by atoms with van der Waals surface area (Å²) in [5, 5.41) is 14.8. The first-order valence-corrected chi connectivity index (χ1v) is 10.3. The molecule has 0 unspecified atom stereocenters. The number of carbonyl (C=O) groups is 2. The Kier molecular flexibility index (Phi) is 6.92. The highest BCUT2D eigenvalue weighted by atomic mass is 32.2. The third-order valence-corrected chi connectivity index (χ3v) is 5.47. The van der Waals surface area contributed by atoms with Gasteiger partial charge in [-0.05, 0) is 31.9 Å². The van der Waals surface area contributed by atoms with E-state index in [-0.39, 0.29) is 17.6 Å². The summed E-state index contributed by atoms with van der Waals surface area (Å²) < 4.78 is 7.28. The van der Waals surface area contributed by atoms with Crippen molar-refractivity contribution in [3.05, 3.63) is 18.4 Å². The van der Waals surface area contributed by atoms with E-state index in [2.05, 4.69) is 20.8 Å². The summed E-state index contributed by atoms with van der Waals surface area (Å²) in [7, 11) is 0. The fraction of sp³-hybridized carbons (Fsp3) is 0.556. The number of carbonyl (C=O) groups excluding carboxylic acids is 2. The van der Waals surface area contributed by atoms with Crippen LogP contribution in [0.25, 0.3) is 11.6 Å². The second-order valence-corrected chi connectivity index (χ2v) is 7.41. The molecule has 0 radical (unpaired) electrons. The normalized spacial score (nSPS) is 14.4. The standard InChI is InChI=1S/C18H25N5O3S/c1-2-23-17(14-8-5-11-26-14)21-22-18(23)27-12-16(25)19-10-9-15(24)20-13-6-3-4-7-13/h5,8,11,13H,2-4,6-7,9-10,12H2,1H3,(H,19,25)(H,20,24). The molecule has 3 rings (SSSR count). The SMILES string of the molecule is CCn1c(SCC(=O)NCCC(=O)NC2CCCC2)nnc1-c1ccco1. The van der Waals surface area contributed by atoms with Crippen LogP contribution in [0.5, 0.6) is 0 Å². The van der Waals surface area contributed by atoms with Crippen molar-refractivity contribution >= 4 is 23.6 Å². The fourth-order valence-electron chi connectivity index (χ4n) is 3.14. The van der Waals surface area contributed by atoms with Gasteiger partial charge in [-0.25, -0.2) is 0 Å². The molecule has 146 valence electrons. The van der Waals surface area contributed by atoms with E-state index in [1.807, 2.05) is 17.6 Å². The van der Waals surface area contributed by atoms with Gasteiger partial charge < -0.3 is 15.1 Å². The number of furan rings is 1. The van der Waals surface area contributed by atoms with Crippen LogP contribution < -0.4 is 10.6 Å². The first kappa shape index (κ1) is 19.5. The van der Waals surface area contributed by atoms with Crippen LogP contribution in [-0.2, 0) is 16.1 Å². The molecule has 2 heterocycles. The van der Waals surface area contributed by atoms with Crippen LogP contribution in [-0.4, -0.2) is 44.9 Å². The average molecular weight is 391 g/mol. The molecule has 0 saturated heterocycles. The molecule has 1 saturated carbocycles. The fourth-order valence-corrected chi connectivity index (χ4v) is 3.97. The molecule has 1 aliphatic carbocycles. The van der Waals surface area contributed by atoms with Crippen LogP contribution >= 0.6 is 11.8 Å². The molecule has 2 aromatic heterocycles. The van der Waals surface area contributed by atoms with Crippen molar-refractivity contribution in [1.29, 1.82) is 0 Å². The van der Waals surface area contributed by atoms with E-state index in [0.29, 0.717) is 42.3 Å². The Hall–Kier alpha value is -2.29. The molecule has 0 spiro atoms. The molecule has 8 nitrogen and oxygen atoms in total. The van der Waals surface area contributed by atoms with Crippen molar-refractivity contribution in [2.75, 3.05) is 12.3 Å². The zero-order valence-electron chi connectivity index (χ0n) is 15.4. The van der Waals surface area contributed by atoms with Crippen molar-refractivity contribution in [3.63, 3.8) is 0 Å². The van der Waals surface area contributed by atoms with E-state index in [1.165, 1.54) is 24.6 Å². The minimum absolute atomic E-state index is 0.00340. The largest absolute Gasteiger partial charge is 0.461 e. The first-order valence-electron chi connectivity index (χ1n) is 9.33. The van der Waals surface area contributed by atoms with Crippen LogP contribution in [0.1, 0.15) is 39.0 Å². The number of nitrogens with zero attached hydrogens (tertiary/aromatic N) is 3. The van der Waals surface area contributed by atoms with Gasteiger partial charge in [0.05, 0.1) is 12.0 Å². The summed E-state index contributed by atoms with van der Waals surface area (Å²) in [5.74, 6) is 1.39. The maximum atomic E-state index is 12.0. The van der Waals surface area contributed by atoms with Crippen molar-refractivity contribution in [1.82, 2.24) is 25.4 Å². The Balaban J connectivity index is 1.41. The van der Waals surface area contributed by atoms with Gasteiger partial charge in [-0.2, -0.15) is 0 Å². The van der Waals surface area contributed by atoms with Crippen LogP contribution in [0, 0.1) is 0 Å². The van der Waals surface area contributed by atoms with E-state index in [1.54, 1.807) is 12.3 Å². The summed E-state index contributed by atoms with van der Waals surface area (Å²) in [5.41, 5.74) is 0. The second-order valence-electron chi connectivity index (χ2n) is 6.47. The highest BCUT2D eigenvalue weighted by Gasteiger charge is 2.18. The zero-order valence-corrected chi connectivity index (χ0v) is 16.3. The Labute approximate surface area is 162 Å². The van der Waals surface area contributed by atoms with Gasteiger partial charge in [-0.15, -0.1) is 10.2 Å². The van der Waals surface area contributed by atoms with Gasteiger partial charge in [0.15, 0.2) is 16.7 Å². The maximum absolute atomic E-state index is 12.0. The van der Waals surface area contributed by atoms with E-state index >= 15 is 0 Å². The molecule has 0 atom stereocenters. The molecule has 0 aliphatic heterocycles. The van der Waals surface area contributed by atoms with Gasteiger partial charge in [-0.1, -0.05) is 24.6 Å². The maximum Gasteiger partial charge on any atom is 0.230 e. The van der Waals surface area contributed by atoms with Crippen LogP contribution in [0.3, 0.4) is 0 Å². The number of aromatic nitrogens is 3. The number of nitrogens with one attached hydrogen (secondary N) is 2. The van der Waals surface area contributed by atoms with Gasteiger partial charge in [0.1, 0.15) is 0 Å². The third kappa shape index (κ3) is 5.35. The van der Waals surface area contributed by atoms with Gasteiger partial charge in [-0.3, -0.25) is 14.2 Å². The van der Waals surface area contributed by atoms with Gasteiger partial charge >= 0.3 is 0 Å². The molecule has 1 aliphatic rings. The molecular weight excluding hydrogens is 366 g/mol. The molecule has 0 aromatic carbocycles. The average Bonchev–Trinajstić information content (AvgIpc) is 3.40. The molecule has 27 heavy (non-hydrogen) atoms. The van der Waals surface area contributed by atoms with Crippen LogP contribution in [0.4, 0.5) is 0 Å². The van der Waals surface area contributed by atoms with Crippen molar-refractivity contribution in [2.24, 2.45) is 0 Å². The van der Waals surface area contributed by atoms with Gasteiger partial charge in [0.2, 0.25) is 11.8 Å². The summed E-state index contributed by atoms with van der Waals surface area (Å²) in [6, 6.07) is 3.94. The quantitative estimate of drug-likeness (QED) is 0.636. The lowest BCUT2D eigenvalue weighted by Gasteiger charge is -2.12. The number of hydrogen-bond acceptors (Lipinski definition) is 6. The summed E-state index contributed by atoms with van der Waals surface area (Å²) in [6.07, 6.45) is 6.39. The Bertz CT molecular complexity index is 753. The van der Waals surface area contributed by atoms with Gasteiger partial charge in [0, 0.05) is 25.6 Å². The van der Waals surface area contributed by atoms with Crippen molar-refractivity contribution in [2.45, 2.75) is 56.8 Å². The molecular formula is C18H25N5O3S. The zero-order chi connectivity index (χ0) is 19.1. The highest BCUT2D eigenvalue weighted by molar-refractivity contribution is 7.99. The lowest BCUT2D eigenvalue weighted by atomic mass is 10.2. The number of amides is 2. The van der Waals surface area contributed by atoms with Gasteiger partial charge in [0.25, 0.3) is 0 Å². The molecule has 2 aromatic rings. The van der Waals surface area contributed by atoms with E-state index in [4.69, 9.17) is 4.42 Å². The molecule has 1 fully saturated rings. The minimum Gasteiger partial charge on any atom is -0.461 e. The first-order chi connectivity index (χ1) is 13.2. The summed E-state index contributed by atoms with van der Waals surface area (Å²) in [4.78, 5) is 23.9. The van der Waals surface area contributed by atoms with Crippen molar-refractivity contribution in [3.8, 4) is 11.6 Å². The van der Waals surface area contributed by atoms with E-state index in [0.717, 1.165) is 12.8 Å². The van der Waals surface area contributed by atoms with Crippen LogP contribution in [0.15, 0.2) is 28.0 Å². The number of rotatable bonds is 9. The number of hydrogen-bond donors (Lipinski definition) is 2. The Morgan fingerprint density at radius 3 is 2.81 bits per heavy atom. The Morgan fingerprint density at radius 2 is 2.11 bits per heavy atom. The predicted molar refractivity (Wildman–Crippen MR) is 102 cm³/mol. The summed E-state index contributed by atoms with van der Waals surface area (Å²) in [6.45, 7) is 3.01. The Morgan fingerprint density at radius 1 is 1.30 bits per heavy atom. The van der Waals surface area contributed by atoms with E-state index < -0.39 is 0 Å². The van der Waals surface area contributed by atoms with Crippen molar-refractivity contribution < 1.29 is 14.0 Å². The minimum atomic E-state index is -0.126.